The first-order chi connectivity index (χ1) is 20.4. The van der Waals surface area contributed by atoms with Crippen LogP contribution in [0.25, 0.3) is 0 Å². The molecule has 0 unspecified atom stereocenters. The molecule has 14 heteroatoms. The molecule has 5 rings (SSSR count). The van der Waals surface area contributed by atoms with Crippen LogP contribution in [0.2, 0.25) is 0 Å². The largest absolute Gasteiger partial charge is 0.416 e. The molecule has 1 aliphatic rings. The molecule has 43 heavy (non-hydrogen) atoms. The summed E-state index contributed by atoms with van der Waals surface area (Å²) in [6, 6.07) is 11.4. The van der Waals surface area contributed by atoms with E-state index in [0.717, 1.165) is 42.3 Å². The van der Waals surface area contributed by atoms with Crippen LogP contribution < -0.4 is 16.0 Å². The molecule has 1 aliphatic heterocycles. The number of amides is 1. The topological polar surface area (TPSA) is 114 Å². The highest BCUT2D eigenvalue weighted by Gasteiger charge is 2.34. The number of imidazole rings is 1. The maximum atomic E-state index is 14.0. The molecule has 4 N–H and O–H groups in total. The minimum atomic E-state index is -4.51. The minimum Gasteiger partial charge on any atom is -0.340 e. The van der Waals surface area contributed by atoms with Crippen LogP contribution in [0.3, 0.4) is 0 Å². The zero-order valence-corrected chi connectivity index (χ0v) is 25.4. The van der Waals surface area contributed by atoms with Gasteiger partial charge in [-0.1, -0.05) is 18.2 Å². The van der Waals surface area contributed by atoms with E-state index in [1.165, 1.54) is 12.3 Å². The number of hydrogen-bond acceptors (Lipinski definition) is 8. The Morgan fingerprint density at radius 1 is 1.02 bits per heavy atom. The summed E-state index contributed by atoms with van der Waals surface area (Å²) in [7, 11) is 2.01. The number of alkyl halides is 3. The Balaban J connectivity index is 1.29. The third kappa shape index (κ3) is 7.69. The van der Waals surface area contributed by atoms with E-state index in [-0.39, 0.29) is 35.3 Å². The Morgan fingerprint density at radius 2 is 1.74 bits per heavy atom. The lowest BCUT2D eigenvalue weighted by Gasteiger charge is -2.33. The Hall–Kier alpha value is -4.01. The quantitative estimate of drug-likeness (QED) is 0.180. The van der Waals surface area contributed by atoms with Gasteiger partial charge in [-0.3, -0.25) is 9.69 Å². The number of para-hydroxylation sites is 1. The molecule has 2 aromatic heterocycles. The van der Waals surface area contributed by atoms with Gasteiger partial charge in [-0.25, -0.2) is 15.0 Å². The van der Waals surface area contributed by atoms with Crippen LogP contribution in [0.5, 0.6) is 0 Å². The van der Waals surface area contributed by atoms with E-state index in [0.29, 0.717) is 23.1 Å². The molecule has 226 valence electrons. The van der Waals surface area contributed by atoms with E-state index in [1.54, 1.807) is 19.1 Å². The molecule has 0 saturated carbocycles. The van der Waals surface area contributed by atoms with Crippen molar-refractivity contribution >= 4 is 50.8 Å². The van der Waals surface area contributed by atoms with Gasteiger partial charge in [0.25, 0.3) is 5.91 Å². The fraction of sp³-hybridized carbons (Fsp3) is 0.310. The zero-order chi connectivity index (χ0) is 30.7. The number of nitrogens with zero attached hydrogens (tertiary/aromatic N) is 5. The second-order valence-corrected chi connectivity index (χ2v) is 11.3. The van der Waals surface area contributed by atoms with Crippen LogP contribution in [0, 0.1) is 13.8 Å². The van der Waals surface area contributed by atoms with Gasteiger partial charge in [0.15, 0.2) is 0 Å². The van der Waals surface area contributed by atoms with Crippen molar-refractivity contribution in [2.75, 3.05) is 49.2 Å². The van der Waals surface area contributed by atoms with Crippen molar-refractivity contribution in [3.05, 3.63) is 81.3 Å². The average Bonchev–Trinajstić information content (AvgIpc) is 3.40. The number of aryl methyl sites for hydroxylation is 2. The number of halogens is 4. The first-order valence-corrected chi connectivity index (χ1v) is 14.4. The van der Waals surface area contributed by atoms with Crippen molar-refractivity contribution in [3.8, 4) is 0 Å². The first-order valence-electron chi connectivity index (χ1n) is 13.6. The van der Waals surface area contributed by atoms with Gasteiger partial charge in [0.05, 0.1) is 17.4 Å². The molecule has 1 amide bonds. The predicted octanol–water partition coefficient (Wildman–Crippen LogP) is 6.08. The Morgan fingerprint density at radius 3 is 2.44 bits per heavy atom. The number of aromatic nitrogens is 4. The highest BCUT2D eigenvalue weighted by atomic mass is 79.9. The Labute approximate surface area is 255 Å². The number of carbonyl (C=O) groups is 1. The normalized spacial score (nSPS) is 14.5. The summed E-state index contributed by atoms with van der Waals surface area (Å²) in [5.41, 5.74) is 1.57. The molecule has 0 atom stereocenters. The van der Waals surface area contributed by atoms with E-state index in [2.05, 4.69) is 56.7 Å². The number of anilines is 5. The van der Waals surface area contributed by atoms with E-state index >= 15 is 0 Å². The van der Waals surface area contributed by atoms with Crippen molar-refractivity contribution in [2.45, 2.75) is 26.6 Å². The van der Waals surface area contributed by atoms with Crippen molar-refractivity contribution in [1.82, 2.24) is 29.7 Å². The van der Waals surface area contributed by atoms with Gasteiger partial charge >= 0.3 is 6.18 Å². The zero-order valence-electron chi connectivity index (χ0n) is 23.8. The number of aromatic amines is 1. The molecule has 0 radical (unpaired) electrons. The van der Waals surface area contributed by atoms with Gasteiger partial charge in [-0.05, 0) is 66.2 Å². The van der Waals surface area contributed by atoms with Crippen molar-refractivity contribution < 1.29 is 18.0 Å². The summed E-state index contributed by atoms with van der Waals surface area (Å²) < 4.78 is 42.9. The first kappa shape index (κ1) is 30.4. The van der Waals surface area contributed by atoms with E-state index in [9.17, 15) is 18.0 Å². The monoisotopic (exact) mass is 657 g/mol. The van der Waals surface area contributed by atoms with Crippen molar-refractivity contribution in [1.29, 1.82) is 0 Å². The molecule has 2 aromatic carbocycles. The number of nitrogens with one attached hydrogen (secondary N) is 4. The maximum Gasteiger partial charge on any atom is 0.416 e. The molecule has 0 spiro atoms. The van der Waals surface area contributed by atoms with Crippen LogP contribution in [0.1, 0.15) is 33.0 Å². The van der Waals surface area contributed by atoms with E-state index in [4.69, 9.17) is 0 Å². The van der Waals surface area contributed by atoms with E-state index < -0.39 is 11.7 Å². The molecular formula is C29H31BrF3N9O. The molecule has 4 aromatic rings. The number of carbonyl (C=O) groups excluding carboxylic acids is 1. The molecule has 0 bridgehead atoms. The van der Waals surface area contributed by atoms with Gasteiger partial charge in [0.1, 0.15) is 23.2 Å². The smallest absolute Gasteiger partial charge is 0.340 e. The van der Waals surface area contributed by atoms with Gasteiger partial charge in [-0.15, -0.1) is 0 Å². The molecular weight excluding hydrogens is 627 g/mol. The minimum absolute atomic E-state index is 0.220. The fourth-order valence-electron chi connectivity index (χ4n) is 4.74. The van der Waals surface area contributed by atoms with Crippen LogP contribution in [0.4, 0.5) is 42.1 Å². The summed E-state index contributed by atoms with van der Waals surface area (Å²) >= 11 is 3.44. The Kier molecular flexibility index (Phi) is 8.99. The highest BCUT2D eigenvalue weighted by molar-refractivity contribution is 9.10. The highest BCUT2D eigenvalue weighted by Crippen LogP contribution is 2.35. The van der Waals surface area contributed by atoms with Crippen molar-refractivity contribution in [3.63, 3.8) is 0 Å². The van der Waals surface area contributed by atoms with Crippen LogP contribution in [-0.4, -0.2) is 68.9 Å². The Bertz CT molecular complexity index is 1600. The summed E-state index contributed by atoms with van der Waals surface area (Å²) in [6.45, 7) is 6.86. The van der Waals surface area contributed by atoms with Gasteiger partial charge in [-0.2, -0.15) is 13.2 Å². The van der Waals surface area contributed by atoms with Gasteiger partial charge in [0, 0.05) is 49.0 Å². The van der Waals surface area contributed by atoms with Gasteiger partial charge in [0.2, 0.25) is 5.95 Å². The number of likely N-dealkylation sites (N-methyl/N-ethyl adjacent to an activating group) is 1. The van der Waals surface area contributed by atoms with Crippen LogP contribution in [-0.2, 0) is 12.7 Å². The SMILES string of the molecule is Cc1nc(Nc2ccc(CN3CCN(C)CC3)c(C(F)(F)F)c2)cc(Nc2ncc(C(=O)Nc3c(C)cccc3Br)[nH]2)n1. The number of rotatable bonds is 8. The number of H-pyrrole nitrogens is 1. The van der Waals surface area contributed by atoms with Gasteiger partial charge < -0.3 is 25.8 Å². The maximum absolute atomic E-state index is 14.0. The average molecular weight is 659 g/mol. The molecule has 10 nitrogen and oxygen atoms in total. The second kappa shape index (κ2) is 12.7. The number of benzene rings is 2. The predicted molar refractivity (Wildman–Crippen MR) is 163 cm³/mol. The molecule has 1 fully saturated rings. The third-order valence-electron chi connectivity index (χ3n) is 7.04. The molecule has 0 aliphatic carbocycles. The lowest BCUT2D eigenvalue weighted by Crippen LogP contribution is -2.44. The summed E-state index contributed by atoms with van der Waals surface area (Å²) in [5, 5.41) is 8.82. The summed E-state index contributed by atoms with van der Waals surface area (Å²) in [4.78, 5) is 32.8. The summed E-state index contributed by atoms with van der Waals surface area (Å²) in [5.74, 6) is 0.882. The second-order valence-electron chi connectivity index (χ2n) is 10.4. The third-order valence-corrected chi connectivity index (χ3v) is 7.70. The summed E-state index contributed by atoms with van der Waals surface area (Å²) in [6.07, 6.45) is -3.12. The molecule has 3 heterocycles. The number of hydrogen-bond donors (Lipinski definition) is 4. The lowest BCUT2D eigenvalue weighted by atomic mass is 10.0. The van der Waals surface area contributed by atoms with Crippen LogP contribution in [0.15, 0.2) is 53.1 Å². The van der Waals surface area contributed by atoms with E-state index in [1.807, 2.05) is 37.1 Å². The fourth-order valence-corrected chi connectivity index (χ4v) is 5.30. The standard InChI is InChI=1S/C29H31BrF3N9O/c1-17-5-4-6-22(30)26(17)40-27(43)23-15-34-28(38-23)39-25-14-24(35-18(2)36-25)37-20-8-7-19(21(13-20)29(31,32)33)16-42-11-9-41(3)10-12-42/h4-8,13-15H,9-12,16H2,1-3H3,(H,40,43)(H3,34,35,36,37,38,39). The van der Waals surface area contributed by atoms with Crippen LogP contribution >= 0.6 is 15.9 Å². The number of piperazine rings is 1. The lowest BCUT2D eigenvalue weighted by molar-refractivity contribution is -0.138. The molecule has 1 saturated heterocycles. The van der Waals surface area contributed by atoms with Crippen molar-refractivity contribution in [2.24, 2.45) is 0 Å².